The highest BCUT2D eigenvalue weighted by Gasteiger charge is 2.34. The molecule has 2 rings (SSSR count). The van der Waals surface area contributed by atoms with Crippen molar-refractivity contribution in [3.63, 3.8) is 0 Å². The molecule has 0 amide bonds. The molecule has 0 heterocycles. The van der Waals surface area contributed by atoms with Crippen molar-refractivity contribution in [1.29, 1.82) is 0 Å². The highest BCUT2D eigenvalue weighted by molar-refractivity contribution is 6.30. The fourth-order valence-corrected chi connectivity index (χ4v) is 3.00. The summed E-state index contributed by atoms with van der Waals surface area (Å²) >= 11 is 6.00. The second-order valence-corrected chi connectivity index (χ2v) is 5.93. The molecule has 0 aliphatic carbocycles. The highest BCUT2D eigenvalue weighted by Crippen LogP contribution is 2.30. The molecule has 5 nitrogen and oxygen atoms in total. The molecule has 0 saturated heterocycles. The molecule has 0 unspecified atom stereocenters. The van der Waals surface area contributed by atoms with Gasteiger partial charge in [-0.1, -0.05) is 54.1 Å². The zero-order valence-corrected chi connectivity index (χ0v) is 14.0. The number of nitro groups is 1. The summed E-state index contributed by atoms with van der Waals surface area (Å²) < 4.78 is 4.90. The van der Waals surface area contributed by atoms with Crippen molar-refractivity contribution in [3.05, 3.63) is 80.9 Å². The van der Waals surface area contributed by atoms with E-state index in [0.717, 1.165) is 11.1 Å². The monoisotopic (exact) mass is 347 g/mol. The van der Waals surface area contributed by atoms with E-state index in [1.165, 1.54) is 7.11 Å². The van der Waals surface area contributed by atoms with Crippen LogP contribution in [0.2, 0.25) is 5.02 Å². The lowest BCUT2D eigenvalue weighted by molar-refractivity contribution is -0.484. The van der Waals surface area contributed by atoms with Crippen molar-refractivity contribution in [2.75, 3.05) is 13.7 Å². The van der Waals surface area contributed by atoms with Gasteiger partial charge in [-0.2, -0.15) is 0 Å². The second kappa shape index (κ2) is 8.45. The maximum Gasteiger partial charge on any atom is 0.309 e. The molecule has 0 aromatic heterocycles. The van der Waals surface area contributed by atoms with E-state index >= 15 is 0 Å². The summed E-state index contributed by atoms with van der Waals surface area (Å²) in [5, 5.41) is 11.7. The molecule has 2 aromatic carbocycles. The number of benzene rings is 2. The van der Waals surface area contributed by atoms with Crippen molar-refractivity contribution in [3.8, 4) is 0 Å². The van der Waals surface area contributed by atoms with Crippen LogP contribution in [0.15, 0.2) is 54.6 Å². The average molecular weight is 348 g/mol. The predicted molar refractivity (Wildman–Crippen MR) is 91.7 cm³/mol. The van der Waals surface area contributed by atoms with E-state index in [4.69, 9.17) is 16.3 Å². The van der Waals surface area contributed by atoms with Gasteiger partial charge in [0.2, 0.25) is 6.54 Å². The smallest absolute Gasteiger partial charge is 0.309 e. The Kier molecular flexibility index (Phi) is 6.32. The van der Waals surface area contributed by atoms with Crippen LogP contribution in [0.3, 0.4) is 0 Å². The Morgan fingerprint density at radius 3 is 2.50 bits per heavy atom. The third kappa shape index (κ3) is 4.80. The lowest BCUT2D eigenvalue weighted by Gasteiger charge is -2.23. The lowest BCUT2D eigenvalue weighted by atomic mass is 9.82. The minimum Gasteiger partial charge on any atom is -0.469 e. The van der Waals surface area contributed by atoms with E-state index in [1.807, 2.05) is 12.1 Å². The number of nitrogens with zero attached hydrogens (tertiary/aromatic N) is 1. The first kappa shape index (κ1) is 17.9. The number of carbonyl (C=O) groups excluding carboxylic acids is 1. The zero-order chi connectivity index (χ0) is 17.5. The van der Waals surface area contributed by atoms with Crippen LogP contribution in [0.5, 0.6) is 0 Å². The molecule has 0 radical (unpaired) electrons. The van der Waals surface area contributed by atoms with E-state index < -0.39 is 22.7 Å². The van der Waals surface area contributed by atoms with Gasteiger partial charge in [0.15, 0.2) is 0 Å². The van der Waals surface area contributed by atoms with Gasteiger partial charge in [-0.05, 0) is 29.7 Å². The Bertz CT molecular complexity index is 705. The number of carbonyl (C=O) groups is 1. The number of methoxy groups -OCH3 is 1. The van der Waals surface area contributed by atoms with Crippen LogP contribution in [0.4, 0.5) is 0 Å². The normalized spacial score (nSPS) is 13.1. The van der Waals surface area contributed by atoms with Gasteiger partial charge in [0.25, 0.3) is 0 Å². The average Bonchev–Trinajstić information content (AvgIpc) is 2.58. The zero-order valence-electron chi connectivity index (χ0n) is 13.2. The lowest BCUT2D eigenvalue weighted by Crippen LogP contribution is -2.30. The summed E-state index contributed by atoms with van der Waals surface area (Å²) in [5.74, 6) is -1.71. The van der Waals surface area contributed by atoms with Crippen LogP contribution < -0.4 is 0 Å². The van der Waals surface area contributed by atoms with Crippen molar-refractivity contribution in [2.45, 2.75) is 12.3 Å². The van der Waals surface area contributed by atoms with Crippen LogP contribution in [-0.2, 0) is 16.0 Å². The van der Waals surface area contributed by atoms with E-state index in [9.17, 15) is 14.9 Å². The largest absolute Gasteiger partial charge is 0.469 e. The van der Waals surface area contributed by atoms with Gasteiger partial charge < -0.3 is 4.74 Å². The van der Waals surface area contributed by atoms with Gasteiger partial charge in [0.1, 0.15) is 0 Å². The van der Waals surface area contributed by atoms with Crippen LogP contribution in [0.25, 0.3) is 0 Å². The van der Waals surface area contributed by atoms with Gasteiger partial charge in [0, 0.05) is 9.95 Å². The molecule has 24 heavy (non-hydrogen) atoms. The molecule has 0 aliphatic heterocycles. The van der Waals surface area contributed by atoms with Gasteiger partial charge in [-0.25, -0.2) is 0 Å². The number of ether oxygens (including phenoxy) is 1. The molecule has 126 valence electrons. The van der Waals surface area contributed by atoms with Crippen LogP contribution >= 0.6 is 11.6 Å². The van der Waals surface area contributed by atoms with Gasteiger partial charge in [0.05, 0.1) is 18.9 Å². The van der Waals surface area contributed by atoms with Crippen LogP contribution in [0.1, 0.15) is 17.0 Å². The molecule has 0 spiro atoms. The molecule has 0 saturated carbocycles. The second-order valence-electron chi connectivity index (χ2n) is 5.50. The number of halogens is 1. The Morgan fingerprint density at radius 2 is 1.92 bits per heavy atom. The Labute approximate surface area is 145 Å². The third-order valence-electron chi connectivity index (χ3n) is 3.91. The first-order valence-corrected chi connectivity index (χ1v) is 7.88. The summed E-state index contributed by atoms with van der Waals surface area (Å²) in [7, 11) is 1.29. The Morgan fingerprint density at radius 1 is 1.21 bits per heavy atom. The highest BCUT2D eigenvalue weighted by atomic mass is 35.5. The molecule has 0 N–H and O–H groups in total. The molecular formula is C18H18ClNO4. The van der Waals surface area contributed by atoms with Crippen molar-refractivity contribution >= 4 is 17.6 Å². The standard InChI is InChI=1S/C18H18ClNO4/c1-24-18(21)16(11-13-6-5-9-15(19)10-13)17(12-20(22)23)14-7-3-2-4-8-14/h2-10,16-17H,11-12H2,1H3/t16-,17-/m1/s1. The quantitative estimate of drug-likeness (QED) is 0.434. The summed E-state index contributed by atoms with van der Waals surface area (Å²) in [6, 6.07) is 16.1. The topological polar surface area (TPSA) is 69.4 Å². The third-order valence-corrected chi connectivity index (χ3v) is 4.14. The number of hydrogen-bond donors (Lipinski definition) is 0. The Hall–Kier alpha value is -2.40. The van der Waals surface area contributed by atoms with Gasteiger partial charge >= 0.3 is 5.97 Å². The summed E-state index contributed by atoms with van der Waals surface area (Å²) in [6.07, 6.45) is 0.320. The van der Waals surface area contributed by atoms with Crippen molar-refractivity contribution in [1.82, 2.24) is 0 Å². The number of esters is 1. The van der Waals surface area contributed by atoms with Gasteiger partial charge in [-0.15, -0.1) is 0 Å². The molecule has 0 bridgehead atoms. The molecule has 2 aromatic rings. The maximum atomic E-state index is 12.3. The van der Waals surface area contributed by atoms with Crippen LogP contribution in [0, 0.1) is 16.0 Å². The minimum absolute atomic E-state index is 0.320. The number of hydrogen-bond acceptors (Lipinski definition) is 4. The summed E-state index contributed by atoms with van der Waals surface area (Å²) in [4.78, 5) is 23.1. The molecular weight excluding hydrogens is 330 g/mol. The van der Waals surface area contributed by atoms with Crippen LogP contribution in [-0.4, -0.2) is 24.5 Å². The maximum absolute atomic E-state index is 12.3. The molecule has 6 heteroatoms. The number of rotatable bonds is 7. The SMILES string of the molecule is COC(=O)[C@H](Cc1cccc(Cl)c1)[C@H](C[N+](=O)[O-])c1ccccc1. The summed E-state index contributed by atoms with van der Waals surface area (Å²) in [6.45, 7) is -0.343. The fourth-order valence-electron chi connectivity index (χ4n) is 2.78. The minimum atomic E-state index is -0.665. The van der Waals surface area contributed by atoms with Crippen molar-refractivity contribution in [2.24, 2.45) is 5.92 Å². The Balaban J connectivity index is 2.38. The fraction of sp³-hybridized carbons (Fsp3) is 0.278. The van der Waals surface area contributed by atoms with Gasteiger partial charge in [-0.3, -0.25) is 14.9 Å². The molecule has 2 atom stereocenters. The van der Waals surface area contributed by atoms with E-state index in [-0.39, 0.29) is 6.54 Å². The first-order valence-electron chi connectivity index (χ1n) is 7.50. The van der Waals surface area contributed by atoms with E-state index in [2.05, 4.69) is 0 Å². The first-order chi connectivity index (χ1) is 11.5. The molecule has 0 fully saturated rings. The van der Waals surface area contributed by atoms with E-state index in [1.54, 1.807) is 42.5 Å². The van der Waals surface area contributed by atoms with Crippen molar-refractivity contribution < 1.29 is 14.5 Å². The van der Waals surface area contributed by atoms with E-state index in [0.29, 0.717) is 11.4 Å². The summed E-state index contributed by atoms with van der Waals surface area (Å²) in [5.41, 5.74) is 1.58. The predicted octanol–water partition coefficient (Wildman–Crippen LogP) is 3.73. The molecule has 0 aliphatic rings.